The van der Waals surface area contributed by atoms with Crippen molar-refractivity contribution < 1.29 is 9.53 Å². The van der Waals surface area contributed by atoms with Gasteiger partial charge in [0.05, 0.1) is 18.7 Å². The van der Waals surface area contributed by atoms with E-state index in [0.717, 1.165) is 24.1 Å². The molecule has 0 fully saturated rings. The van der Waals surface area contributed by atoms with Gasteiger partial charge in [-0.1, -0.05) is 30.3 Å². The van der Waals surface area contributed by atoms with Crippen molar-refractivity contribution in [1.82, 2.24) is 4.98 Å². The van der Waals surface area contributed by atoms with Crippen LogP contribution in [-0.4, -0.2) is 17.6 Å². The zero-order chi connectivity index (χ0) is 14.2. The summed E-state index contributed by atoms with van der Waals surface area (Å²) >= 11 is 0. The number of nitrogens with zero attached hydrogens (tertiary/aromatic N) is 1. The largest absolute Gasteiger partial charge is 0.465 e. The maximum atomic E-state index is 11.7. The number of carbonyl (C=O) groups is 1. The second-order valence-electron chi connectivity index (χ2n) is 4.81. The molecule has 1 aromatic carbocycles. The van der Waals surface area contributed by atoms with Gasteiger partial charge in [-0.2, -0.15) is 0 Å². The van der Waals surface area contributed by atoms with Gasteiger partial charge < -0.3 is 4.74 Å². The summed E-state index contributed by atoms with van der Waals surface area (Å²) < 4.78 is 5.23. The number of carbonyl (C=O) groups excluding carboxylic acids is 1. The molecule has 104 valence electrons. The Morgan fingerprint density at radius 2 is 2.00 bits per heavy atom. The smallest absolute Gasteiger partial charge is 0.311 e. The number of hydrogen-bond acceptors (Lipinski definition) is 3. The van der Waals surface area contributed by atoms with Crippen LogP contribution in [0, 0.1) is 6.92 Å². The minimum absolute atomic E-state index is 0.212. The Labute approximate surface area is 119 Å². The Morgan fingerprint density at radius 3 is 2.75 bits per heavy atom. The monoisotopic (exact) mass is 269 g/mol. The molecule has 0 radical (unpaired) electrons. The van der Waals surface area contributed by atoms with E-state index < -0.39 is 0 Å². The Morgan fingerprint density at radius 1 is 1.20 bits per heavy atom. The highest BCUT2D eigenvalue weighted by atomic mass is 16.5. The summed E-state index contributed by atoms with van der Waals surface area (Å²) in [5.74, 6) is -0.212. The van der Waals surface area contributed by atoms with Gasteiger partial charge in [0.1, 0.15) is 0 Å². The summed E-state index contributed by atoms with van der Waals surface area (Å²) in [4.78, 5) is 15.8. The van der Waals surface area contributed by atoms with E-state index in [1.54, 1.807) is 6.20 Å². The summed E-state index contributed by atoms with van der Waals surface area (Å²) in [6.45, 7) is 2.44. The van der Waals surface area contributed by atoms with Crippen molar-refractivity contribution in [3.63, 3.8) is 0 Å². The van der Waals surface area contributed by atoms with E-state index in [1.807, 2.05) is 37.3 Å². The first-order valence-corrected chi connectivity index (χ1v) is 6.85. The lowest BCUT2D eigenvalue weighted by Gasteiger charge is -2.05. The van der Waals surface area contributed by atoms with Crippen molar-refractivity contribution >= 4 is 5.97 Å². The van der Waals surface area contributed by atoms with Crippen LogP contribution >= 0.6 is 0 Å². The zero-order valence-corrected chi connectivity index (χ0v) is 11.7. The van der Waals surface area contributed by atoms with Crippen LogP contribution < -0.4 is 0 Å². The van der Waals surface area contributed by atoms with Crippen molar-refractivity contribution in [1.29, 1.82) is 0 Å². The number of rotatable bonds is 6. The van der Waals surface area contributed by atoms with E-state index in [-0.39, 0.29) is 12.4 Å². The Hall–Kier alpha value is -2.16. The highest BCUT2D eigenvalue weighted by Crippen LogP contribution is 2.04. The van der Waals surface area contributed by atoms with Gasteiger partial charge >= 0.3 is 5.97 Å². The summed E-state index contributed by atoms with van der Waals surface area (Å²) in [5, 5.41) is 0. The Bertz CT molecular complexity index is 552. The summed E-state index contributed by atoms with van der Waals surface area (Å²) in [6, 6.07) is 14.0. The van der Waals surface area contributed by atoms with Gasteiger partial charge in [0, 0.05) is 6.20 Å². The molecule has 0 amide bonds. The standard InChI is InChI=1S/C17H19NO2/c1-14-9-10-18-16(12-14)13-17(19)20-11-5-8-15-6-3-2-4-7-15/h2-4,6-7,9-10,12H,5,8,11,13H2,1H3. The molecule has 0 saturated carbocycles. The molecule has 0 aliphatic heterocycles. The molecule has 0 aliphatic rings. The van der Waals surface area contributed by atoms with Crippen LogP contribution in [0.3, 0.4) is 0 Å². The molecular formula is C17H19NO2. The molecule has 0 bridgehead atoms. The van der Waals surface area contributed by atoms with Gasteiger partial charge in [-0.05, 0) is 43.0 Å². The van der Waals surface area contributed by atoms with Crippen LogP contribution in [0.1, 0.15) is 23.2 Å². The van der Waals surface area contributed by atoms with Gasteiger partial charge in [0.25, 0.3) is 0 Å². The van der Waals surface area contributed by atoms with Crippen molar-refractivity contribution in [3.8, 4) is 0 Å². The van der Waals surface area contributed by atoms with Gasteiger partial charge in [0.15, 0.2) is 0 Å². The highest BCUT2D eigenvalue weighted by molar-refractivity contribution is 5.71. The maximum absolute atomic E-state index is 11.7. The normalized spacial score (nSPS) is 10.2. The number of aryl methyl sites for hydroxylation is 2. The van der Waals surface area contributed by atoms with Crippen LogP contribution in [0.2, 0.25) is 0 Å². The lowest BCUT2D eigenvalue weighted by atomic mass is 10.1. The number of pyridine rings is 1. The van der Waals surface area contributed by atoms with Crippen molar-refractivity contribution in [2.45, 2.75) is 26.2 Å². The third-order valence-corrected chi connectivity index (χ3v) is 3.01. The first-order valence-electron chi connectivity index (χ1n) is 6.85. The molecule has 1 heterocycles. The molecule has 0 spiro atoms. The van der Waals surface area contributed by atoms with Crippen LogP contribution in [-0.2, 0) is 22.4 Å². The number of esters is 1. The summed E-state index contributed by atoms with van der Waals surface area (Å²) in [7, 11) is 0. The quantitative estimate of drug-likeness (QED) is 0.597. The lowest BCUT2D eigenvalue weighted by molar-refractivity contribution is -0.142. The fourth-order valence-corrected chi connectivity index (χ4v) is 2.00. The number of benzene rings is 1. The average molecular weight is 269 g/mol. The molecule has 0 unspecified atom stereocenters. The van der Waals surface area contributed by atoms with Gasteiger partial charge in [-0.3, -0.25) is 9.78 Å². The fraction of sp³-hybridized carbons (Fsp3) is 0.294. The summed E-state index contributed by atoms with van der Waals surface area (Å²) in [5.41, 5.74) is 3.13. The third-order valence-electron chi connectivity index (χ3n) is 3.01. The molecule has 3 heteroatoms. The first-order chi connectivity index (χ1) is 9.74. The molecule has 20 heavy (non-hydrogen) atoms. The lowest BCUT2D eigenvalue weighted by Crippen LogP contribution is -2.10. The molecule has 0 N–H and O–H groups in total. The molecule has 2 rings (SSSR count). The topological polar surface area (TPSA) is 39.2 Å². The van der Waals surface area contributed by atoms with E-state index in [2.05, 4.69) is 17.1 Å². The van der Waals surface area contributed by atoms with Crippen LogP contribution in [0.15, 0.2) is 48.7 Å². The molecule has 0 aliphatic carbocycles. The van der Waals surface area contributed by atoms with Crippen molar-refractivity contribution in [2.24, 2.45) is 0 Å². The minimum Gasteiger partial charge on any atom is -0.465 e. The third kappa shape index (κ3) is 4.84. The second kappa shape index (κ2) is 7.43. The number of hydrogen-bond donors (Lipinski definition) is 0. The zero-order valence-electron chi connectivity index (χ0n) is 11.7. The molecule has 0 saturated heterocycles. The van der Waals surface area contributed by atoms with E-state index in [0.29, 0.717) is 6.61 Å². The summed E-state index contributed by atoms with van der Waals surface area (Å²) in [6.07, 6.45) is 3.73. The maximum Gasteiger partial charge on any atom is 0.311 e. The Kier molecular flexibility index (Phi) is 5.30. The first kappa shape index (κ1) is 14.3. The van der Waals surface area contributed by atoms with Gasteiger partial charge in [-0.25, -0.2) is 0 Å². The predicted octanol–water partition coefficient (Wildman–Crippen LogP) is 3.11. The SMILES string of the molecule is Cc1ccnc(CC(=O)OCCCc2ccccc2)c1. The van der Waals surface area contributed by atoms with Crippen molar-refractivity contribution in [3.05, 3.63) is 65.5 Å². The fourth-order valence-electron chi connectivity index (χ4n) is 2.00. The number of aromatic nitrogens is 1. The van der Waals surface area contributed by atoms with Gasteiger partial charge in [0.2, 0.25) is 0 Å². The van der Waals surface area contributed by atoms with Crippen molar-refractivity contribution in [2.75, 3.05) is 6.61 Å². The molecule has 2 aromatic rings. The van der Waals surface area contributed by atoms with E-state index in [1.165, 1.54) is 5.56 Å². The van der Waals surface area contributed by atoms with E-state index in [4.69, 9.17) is 4.74 Å². The van der Waals surface area contributed by atoms with Crippen LogP contribution in [0.25, 0.3) is 0 Å². The molecule has 0 atom stereocenters. The van der Waals surface area contributed by atoms with Crippen LogP contribution in [0.4, 0.5) is 0 Å². The minimum atomic E-state index is -0.212. The van der Waals surface area contributed by atoms with E-state index in [9.17, 15) is 4.79 Å². The Balaban J connectivity index is 1.68. The van der Waals surface area contributed by atoms with E-state index >= 15 is 0 Å². The molecular weight excluding hydrogens is 250 g/mol. The van der Waals surface area contributed by atoms with Crippen LogP contribution in [0.5, 0.6) is 0 Å². The molecule has 1 aromatic heterocycles. The number of ether oxygens (including phenoxy) is 1. The second-order valence-corrected chi connectivity index (χ2v) is 4.81. The average Bonchev–Trinajstić information content (AvgIpc) is 2.45. The highest BCUT2D eigenvalue weighted by Gasteiger charge is 2.06. The molecule has 3 nitrogen and oxygen atoms in total. The predicted molar refractivity (Wildman–Crippen MR) is 78.4 cm³/mol. The van der Waals surface area contributed by atoms with Gasteiger partial charge in [-0.15, -0.1) is 0 Å².